The van der Waals surface area contributed by atoms with E-state index in [1.54, 1.807) is 13.8 Å². The SMILES string of the molecule is CCC(=O)O.CCC/C=C/COC(=O)CC. The van der Waals surface area contributed by atoms with Gasteiger partial charge in [0.25, 0.3) is 0 Å². The zero-order valence-electron chi connectivity index (χ0n) is 10.4. The predicted octanol–water partition coefficient (Wildman–Crippen LogP) is 2.78. The molecule has 4 heteroatoms. The van der Waals surface area contributed by atoms with Crippen LogP contribution in [0.2, 0.25) is 0 Å². The van der Waals surface area contributed by atoms with Gasteiger partial charge in [0.05, 0.1) is 0 Å². The summed E-state index contributed by atoms with van der Waals surface area (Å²) in [6.07, 6.45) is 6.80. The number of carbonyl (C=O) groups excluding carboxylic acids is 1. The highest BCUT2D eigenvalue weighted by molar-refractivity contribution is 5.68. The van der Waals surface area contributed by atoms with Crippen LogP contribution in [0.15, 0.2) is 12.2 Å². The molecule has 0 amide bonds. The Morgan fingerprint density at radius 1 is 1.12 bits per heavy atom. The van der Waals surface area contributed by atoms with E-state index < -0.39 is 5.97 Å². The van der Waals surface area contributed by atoms with Crippen LogP contribution in [0.5, 0.6) is 0 Å². The van der Waals surface area contributed by atoms with Crippen molar-refractivity contribution in [3.8, 4) is 0 Å². The molecule has 0 spiro atoms. The average molecular weight is 230 g/mol. The standard InChI is InChI=1S/C9H16O2.C3H6O2/c1-3-5-6-7-8-11-9(10)4-2;1-2-3(4)5/h6-7H,3-5,8H2,1-2H3;2H2,1H3,(H,4,5)/b7-6+;. The van der Waals surface area contributed by atoms with Crippen molar-refractivity contribution in [3.63, 3.8) is 0 Å². The number of hydrogen-bond donors (Lipinski definition) is 1. The van der Waals surface area contributed by atoms with Crippen LogP contribution in [0.1, 0.15) is 46.5 Å². The molecule has 0 aromatic carbocycles. The van der Waals surface area contributed by atoms with E-state index in [1.165, 1.54) is 0 Å². The van der Waals surface area contributed by atoms with Gasteiger partial charge in [-0.1, -0.05) is 39.3 Å². The monoisotopic (exact) mass is 230 g/mol. The van der Waals surface area contributed by atoms with Crippen LogP contribution in [0, 0.1) is 0 Å². The largest absolute Gasteiger partial charge is 0.481 e. The van der Waals surface area contributed by atoms with Crippen LogP contribution in [0.4, 0.5) is 0 Å². The Kier molecular flexibility index (Phi) is 14.6. The maximum Gasteiger partial charge on any atom is 0.305 e. The third-order valence-electron chi connectivity index (χ3n) is 1.55. The smallest absolute Gasteiger partial charge is 0.305 e. The minimum atomic E-state index is -0.745. The molecular weight excluding hydrogens is 208 g/mol. The number of rotatable bonds is 6. The second-order valence-electron chi connectivity index (χ2n) is 3.04. The fraction of sp³-hybridized carbons (Fsp3) is 0.667. The molecule has 0 bridgehead atoms. The molecule has 0 aliphatic rings. The Morgan fingerprint density at radius 2 is 1.69 bits per heavy atom. The molecule has 0 aliphatic heterocycles. The fourth-order valence-corrected chi connectivity index (χ4v) is 0.596. The third kappa shape index (κ3) is 18.5. The molecule has 0 unspecified atom stereocenters. The normalized spacial score (nSPS) is 9.44. The summed E-state index contributed by atoms with van der Waals surface area (Å²) in [6.45, 7) is 5.93. The summed E-state index contributed by atoms with van der Waals surface area (Å²) in [4.78, 5) is 20.0. The molecule has 4 nitrogen and oxygen atoms in total. The summed E-state index contributed by atoms with van der Waals surface area (Å²) in [5.74, 6) is -0.879. The van der Waals surface area contributed by atoms with Gasteiger partial charge in [0.2, 0.25) is 0 Å². The molecule has 0 radical (unpaired) electrons. The number of carboxylic acid groups (broad SMARTS) is 1. The van der Waals surface area contributed by atoms with Gasteiger partial charge in [-0.2, -0.15) is 0 Å². The number of unbranched alkanes of at least 4 members (excludes halogenated alkanes) is 1. The zero-order chi connectivity index (χ0) is 12.8. The quantitative estimate of drug-likeness (QED) is 0.563. The molecule has 0 aromatic rings. The topological polar surface area (TPSA) is 63.6 Å². The predicted molar refractivity (Wildman–Crippen MR) is 63.2 cm³/mol. The van der Waals surface area contributed by atoms with E-state index in [-0.39, 0.29) is 12.4 Å². The lowest BCUT2D eigenvalue weighted by Crippen LogP contribution is -2.01. The van der Waals surface area contributed by atoms with Crippen LogP contribution in [-0.4, -0.2) is 23.7 Å². The van der Waals surface area contributed by atoms with Gasteiger partial charge in [-0.25, -0.2) is 0 Å². The molecule has 1 N–H and O–H groups in total. The van der Waals surface area contributed by atoms with E-state index in [9.17, 15) is 9.59 Å². The molecule has 0 heterocycles. The highest BCUT2D eigenvalue weighted by Gasteiger charge is 1.92. The van der Waals surface area contributed by atoms with Crippen LogP contribution in [0.3, 0.4) is 0 Å². The summed E-state index contributed by atoms with van der Waals surface area (Å²) in [5, 5.41) is 7.72. The summed E-state index contributed by atoms with van der Waals surface area (Å²) in [5.41, 5.74) is 0. The number of carboxylic acids is 1. The third-order valence-corrected chi connectivity index (χ3v) is 1.55. The van der Waals surface area contributed by atoms with E-state index in [0.717, 1.165) is 12.8 Å². The van der Waals surface area contributed by atoms with Gasteiger partial charge >= 0.3 is 11.9 Å². The van der Waals surface area contributed by atoms with E-state index in [4.69, 9.17) is 9.84 Å². The van der Waals surface area contributed by atoms with Gasteiger partial charge in [-0.05, 0) is 6.42 Å². The van der Waals surface area contributed by atoms with Crippen molar-refractivity contribution in [1.82, 2.24) is 0 Å². The average Bonchev–Trinajstić information content (AvgIpc) is 2.29. The Bertz CT molecular complexity index is 209. The van der Waals surface area contributed by atoms with E-state index in [0.29, 0.717) is 13.0 Å². The highest BCUT2D eigenvalue weighted by Crippen LogP contribution is 1.89. The van der Waals surface area contributed by atoms with E-state index >= 15 is 0 Å². The van der Waals surface area contributed by atoms with Crippen molar-refractivity contribution >= 4 is 11.9 Å². The van der Waals surface area contributed by atoms with Crippen molar-refractivity contribution in [3.05, 3.63) is 12.2 Å². The van der Waals surface area contributed by atoms with E-state index in [2.05, 4.69) is 6.92 Å². The number of carbonyl (C=O) groups is 2. The number of allylic oxidation sites excluding steroid dienone is 1. The summed E-state index contributed by atoms with van der Waals surface area (Å²) >= 11 is 0. The van der Waals surface area contributed by atoms with Crippen molar-refractivity contribution < 1.29 is 19.4 Å². The van der Waals surface area contributed by atoms with E-state index in [1.807, 2.05) is 12.2 Å². The minimum absolute atomic E-state index is 0.133. The van der Waals surface area contributed by atoms with Gasteiger partial charge in [0.1, 0.15) is 6.61 Å². The number of esters is 1. The summed E-state index contributed by atoms with van der Waals surface area (Å²) in [7, 11) is 0. The van der Waals surface area contributed by atoms with Crippen LogP contribution >= 0.6 is 0 Å². The maximum atomic E-state index is 10.6. The molecular formula is C12H22O4. The highest BCUT2D eigenvalue weighted by atomic mass is 16.5. The number of ether oxygens (including phenoxy) is 1. The molecule has 16 heavy (non-hydrogen) atoms. The molecule has 0 atom stereocenters. The molecule has 94 valence electrons. The lowest BCUT2D eigenvalue weighted by molar-refractivity contribution is -0.142. The second-order valence-corrected chi connectivity index (χ2v) is 3.04. The van der Waals surface area contributed by atoms with Gasteiger partial charge in [0.15, 0.2) is 0 Å². The zero-order valence-corrected chi connectivity index (χ0v) is 10.4. The maximum absolute atomic E-state index is 10.6. The molecule has 0 aromatic heterocycles. The van der Waals surface area contributed by atoms with Gasteiger partial charge in [0, 0.05) is 12.8 Å². The van der Waals surface area contributed by atoms with Crippen molar-refractivity contribution in [1.29, 1.82) is 0 Å². The van der Waals surface area contributed by atoms with Crippen LogP contribution in [-0.2, 0) is 14.3 Å². The van der Waals surface area contributed by atoms with Gasteiger partial charge in [-0.15, -0.1) is 0 Å². The Balaban J connectivity index is 0. The lowest BCUT2D eigenvalue weighted by Gasteiger charge is -1.96. The second kappa shape index (κ2) is 13.7. The first-order valence-electron chi connectivity index (χ1n) is 5.60. The Morgan fingerprint density at radius 3 is 2.06 bits per heavy atom. The first kappa shape index (κ1) is 17.1. The van der Waals surface area contributed by atoms with Gasteiger partial charge < -0.3 is 9.84 Å². The van der Waals surface area contributed by atoms with Crippen molar-refractivity contribution in [2.75, 3.05) is 6.61 Å². The number of aliphatic carboxylic acids is 1. The van der Waals surface area contributed by atoms with Crippen LogP contribution < -0.4 is 0 Å². The molecule has 0 rings (SSSR count). The van der Waals surface area contributed by atoms with Crippen molar-refractivity contribution in [2.24, 2.45) is 0 Å². The molecule has 0 saturated carbocycles. The van der Waals surface area contributed by atoms with Gasteiger partial charge in [-0.3, -0.25) is 9.59 Å². The summed E-state index contributed by atoms with van der Waals surface area (Å²) < 4.78 is 4.81. The molecule has 0 fully saturated rings. The first-order valence-corrected chi connectivity index (χ1v) is 5.60. The summed E-state index contributed by atoms with van der Waals surface area (Å²) in [6, 6.07) is 0. The first-order chi connectivity index (χ1) is 7.58. The van der Waals surface area contributed by atoms with Crippen molar-refractivity contribution in [2.45, 2.75) is 46.5 Å². The Labute approximate surface area is 97.3 Å². The molecule has 0 saturated heterocycles. The Hall–Kier alpha value is -1.32. The lowest BCUT2D eigenvalue weighted by atomic mass is 10.3. The number of hydrogen-bond acceptors (Lipinski definition) is 3. The fourth-order valence-electron chi connectivity index (χ4n) is 0.596. The van der Waals surface area contributed by atoms with Crippen LogP contribution in [0.25, 0.3) is 0 Å². The molecule has 0 aliphatic carbocycles. The minimum Gasteiger partial charge on any atom is -0.481 e.